The van der Waals surface area contributed by atoms with Crippen LogP contribution >= 0.6 is 11.8 Å². The first-order valence-corrected chi connectivity index (χ1v) is 7.12. The Morgan fingerprint density at radius 2 is 1.83 bits per heavy atom. The molecule has 1 N–H and O–H groups in total. The van der Waals surface area contributed by atoms with Gasteiger partial charge in [0.1, 0.15) is 5.25 Å². The molecule has 0 radical (unpaired) electrons. The van der Waals surface area contributed by atoms with Crippen LogP contribution in [-0.2, 0) is 4.79 Å². The van der Waals surface area contributed by atoms with Crippen LogP contribution in [0.1, 0.15) is 10.8 Å². The summed E-state index contributed by atoms with van der Waals surface area (Å²) in [6, 6.07) is 16.2. The van der Waals surface area contributed by atoms with Crippen molar-refractivity contribution < 1.29 is 4.79 Å². The number of thioether (sulfide) groups is 1. The fourth-order valence-electron chi connectivity index (χ4n) is 2.38. The Hall–Kier alpha value is -1.74. The second-order valence-corrected chi connectivity index (χ2v) is 5.18. The van der Waals surface area contributed by atoms with Crippen LogP contribution in [0, 0.1) is 0 Å². The lowest BCUT2D eigenvalue weighted by molar-refractivity contribution is -0.115. The summed E-state index contributed by atoms with van der Waals surface area (Å²) in [5, 5.41) is 2.85. The topological polar surface area (TPSA) is 29.1 Å². The van der Waals surface area contributed by atoms with Gasteiger partial charge in [0, 0.05) is 11.3 Å². The van der Waals surface area contributed by atoms with Crippen LogP contribution in [0.25, 0.3) is 11.1 Å². The SMILES string of the molecule is CS[C@H]1C(=O)Nc2cccc(-c3ccccc3)c21. The third-order valence-corrected chi connectivity index (χ3v) is 4.11. The quantitative estimate of drug-likeness (QED) is 0.886. The number of hydrogen-bond donors (Lipinski definition) is 1. The fraction of sp³-hybridized carbons (Fsp3) is 0.133. The molecule has 0 saturated carbocycles. The van der Waals surface area contributed by atoms with Gasteiger partial charge in [-0.05, 0) is 23.4 Å². The van der Waals surface area contributed by atoms with E-state index >= 15 is 0 Å². The number of fused-ring (bicyclic) bond motifs is 1. The molecule has 0 aromatic heterocycles. The summed E-state index contributed by atoms with van der Waals surface area (Å²) < 4.78 is 0. The van der Waals surface area contributed by atoms with Gasteiger partial charge in [0.05, 0.1) is 0 Å². The molecule has 1 aliphatic heterocycles. The third kappa shape index (κ3) is 1.71. The second-order valence-electron chi connectivity index (χ2n) is 4.24. The molecular weight excluding hydrogens is 242 g/mol. The number of carbonyl (C=O) groups excluding carboxylic acids is 1. The van der Waals surface area contributed by atoms with Gasteiger partial charge >= 0.3 is 0 Å². The fourth-order valence-corrected chi connectivity index (χ4v) is 3.14. The van der Waals surface area contributed by atoms with Gasteiger partial charge < -0.3 is 5.32 Å². The normalized spacial score (nSPS) is 17.4. The molecule has 0 unspecified atom stereocenters. The predicted octanol–water partition coefficient (Wildman–Crippen LogP) is 3.71. The molecule has 0 spiro atoms. The standard InChI is InChI=1S/C15H13NOS/c1-18-14-13-11(10-6-3-2-4-7-10)8-5-9-12(13)16-15(14)17/h2-9,14H,1H3,(H,16,17)/t14-/m1/s1. The molecule has 1 atom stereocenters. The molecule has 1 heterocycles. The smallest absolute Gasteiger partial charge is 0.242 e. The van der Waals surface area contributed by atoms with Gasteiger partial charge in [-0.3, -0.25) is 4.79 Å². The van der Waals surface area contributed by atoms with Crippen molar-refractivity contribution in [3.05, 3.63) is 54.1 Å². The average Bonchev–Trinajstić information content (AvgIpc) is 2.74. The summed E-state index contributed by atoms with van der Waals surface area (Å²) in [6.07, 6.45) is 1.97. The van der Waals surface area contributed by atoms with Crippen LogP contribution in [0.15, 0.2) is 48.5 Å². The van der Waals surface area contributed by atoms with E-state index in [1.807, 2.05) is 36.6 Å². The highest BCUT2D eigenvalue weighted by Crippen LogP contribution is 2.44. The minimum atomic E-state index is -0.101. The average molecular weight is 255 g/mol. The van der Waals surface area contributed by atoms with Crippen molar-refractivity contribution >= 4 is 23.4 Å². The summed E-state index contributed by atoms with van der Waals surface area (Å²) >= 11 is 1.58. The van der Waals surface area contributed by atoms with Crippen LogP contribution in [-0.4, -0.2) is 12.2 Å². The van der Waals surface area contributed by atoms with Gasteiger partial charge in [0.15, 0.2) is 0 Å². The van der Waals surface area contributed by atoms with E-state index in [0.717, 1.165) is 22.4 Å². The Morgan fingerprint density at radius 3 is 2.56 bits per heavy atom. The van der Waals surface area contributed by atoms with E-state index < -0.39 is 0 Å². The monoisotopic (exact) mass is 255 g/mol. The summed E-state index contributed by atoms with van der Waals surface area (Å²) in [6.45, 7) is 0. The molecule has 0 bridgehead atoms. The van der Waals surface area contributed by atoms with Crippen LogP contribution in [0.4, 0.5) is 5.69 Å². The number of amides is 1. The van der Waals surface area contributed by atoms with E-state index in [2.05, 4.69) is 23.5 Å². The van der Waals surface area contributed by atoms with Crippen molar-refractivity contribution in [2.75, 3.05) is 11.6 Å². The molecule has 90 valence electrons. The largest absolute Gasteiger partial charge is 0.324 e. The lowest BCUT2D eigenvalue weighted by Gasteiger charge is -2.11. The molecule has 18 heavy (non-hydrogen) atoms. The summed E-state index contributed by atoms with van der Waals surface area (Å²) in [5.41, 5.74) is 4.36. The first kappa shape index (κ1) is 11.4. The van der Waals surface area contributed by atoms with Gasteiger partial charge in [0.2, 0.25) is 5.91 Å². The maximum Gasteiger partial charge on any atom is 0.242 e. The van der Waals surface area contributed by atoms with Crippen molar-refractivity contribution in [1.29, 1.82) is 0 Å². The number of carbonyl (C=O) groups is 1. The van der Waals surface area contributed by atoms with Gasteiger partial charge in [0.25, 0.3) is 0 Å². The highest BCUT2D eigenvalue weighted by atomic mass is 32.2. The van der Waals surface area contributed by atoms with Crippen molar-refractivity contribution in [3.8, 4) is 11.1 Å². The predicted molar refractivity (Wildman–Crippen MR) is 76.8 cm³/mol. The number of benzene rings is 2. The number of hydrogen-bond acceptors (Lipinski definition) is 2. The van der Waals surface area contributed by atoms with Crippen molar-refractivity contribution in [2.45, 2.75) is 5.25 Å². The molecule has 2 aromatic carbocycles. The van der Waals surface area contributed by atoms with E-state index in [0.29, 0.717) is 0 Å². The Kier molecular flexibility index (Phi) is 2.84. The Bertz CT molecular complexity index is 595. The minimum Gasteiger partial charge on any atom is -0.324 e. The van der Waals surface area contributed by atoms with E-state index in [1.54, 1.807) is 11.8 Å². The van der Waals surface area contributed by atoms with E-state index in [9.17, 15) is 4.79 Å². The van der Waals surface area contributed by atoms with Crippen LogP contribution < -0.4 is 5.32 Å². The summed E-state index contributed by atoms with van der Waals surface area (Å²) in [7, 11) is 0. The number of nitrogens with one attached hydrogen (secondary N) is 1. The number of rotatable bonds is 2. The van der Waals surface area contributed by atoms with Crippen molar-refractivity contribution in [2.24, 2.45) is 0 Å². The summed E-state index contributed by atoms with van der Waals surface area (Å²) in [4.78, 5) is 11.9. The molecule has 0 saturated heterocycles. The van der Waals surface area contributed by atoms with E-state index in [-0.39, 0.29) is 11.2 Å². The number of anilines is 1. The lowest BCUT2D eigenvalue weighted by atomic mass is 9.98. The summed E-state index contributed by atoms with van der Waals surface area (Å²) in [5.74, 6) is 0.0841. The van der Waals surface area contributed by atoms with Crippen molar-refractivity contribution in [3.63, 3.8) is 0 Å². The maximum atomic E-state index is 11.9. The Balaban J connectivity index is 2.19. The van der Waals surface area contributed by atoms with E-state index in [1.165, 1.54) is 0 Å². The first-order valence-electron chi connectivity index (χ1n) is 5.83. The highest BCUT2D eigenvalue weighted by Gasteiger charge is 2.32. The molecule has 2 aromatic rings. The Labute approximate surface area is 110 Å². The maximum absolute atomic E-state index is 11.9. The van der Waals surface area contributed by atoms with Gasteiger partial charge in [-0.25, -0.2) is 0 Å². The van der Waals surface area contributed by atoms with Gasteiger partial charge in [-0.1, -0.05) is 42.5 Å². The van der Waals surface area contributed by atoms with Crippen molar-refractivity contribution in [1.82, 2.24) is 0 Å². The minimum absolute atomic E-state index is 0.0841. The lowest BCUT2D eigenvalue weighted by Crippen LogP contribution is -2.08. The second kappa shape index (κ2) is 4.50. The third-order valence-electron chi connectivity index (χ3n) is 3.18. The molecule has 0 fully saturated rings. The zero-order valence-corrected chi connectivity index (χ0v) is 10.8. The van der Waals surface area contributed by atoms with Gasteiger partial charge in [-0.2, -0.15) is 0 Å². The molecular formula is C15H13NOS. The molecule has 0 aliphatic carbocycles. The molecule has 1 amide bonds. The zero-order chi connectivity index (χ0) is 12.5. The Morgan fingerprint density at radius 1 is 1.06 bits per heavy atom. The molecule has 3 heteroatoms. The van der Waals surface area contributed by atoms with Gasteiger partial charge in [-0.15, -0.1) is 11.8 Å². The zero-order valence-electron chi connectivity index (χ0n) is 10.0. The van der Waals surface area contributed by atoms with E-state index in [4.69, 9.17) is 0 Å². The van der Waals surface area contributed by atoms with Crippen LogP contribution in [0.2, 0.25) is 0 Å². The highest BCUT2D eigenvalue weighted by molar-refractivity contribution is 7.99. The molecule has 1 aliphatic rings. The first-order chi connectivity index (χ1) is 8.81. The van der Waals surface area contributed by atoms with Crippen LogP contribution in [0.5, 0.6) is 0 Å². The van der Waals surface area contributed by atoms with Crippen LogP contribution in [0.3, 0.4) is 0 Å². The molecule has 3 rings (SSSR count). The molecule has 2 nitrogen and oxygen atoms in total.